The quantitative estimate of drug-likeness (QED) is 0.746. The van der Waals surface area contributed by atoms with Gasteiger partial charge in [0.25, 0.3) is 5.91 Å². The smallest absolute Gasteiger partial charge is 0.254 e. The van der Waals surface area contributed by atoms with Gasteiger partial charge in [0.2, 0.25) is 5.91 Å². The van der Waals surface area contributed by atoms with Crippen LogP contribution in [-0.2, 0) is 27.2 Å². The van der Waals surface area contributed by atoms with E-state index in [0.717, 1.165) is 42.0 Å². The van der Waals surface area contributed by atoms with Gasteiger partial charge in [-0.1, -0.05) is 18.2 Å². The highest BCUT2D eigenvalue weighted by Gasteiger charge is 2.44. The Labute approximate surface area is 188 Å². The number of ether oxygens (including phenoxy) is 2. The Bertz CT molecular complexity index is 953. The van der Waals surface area contributed by atoms with Crippen LogP contribution in [0.3, 0.4) is 0 Å². The molecule has 8 heteroatoms. The molecule has 1 fully saturated rings. The van der Waals surface area contributed by atoms with Gasteiger partial charge in [0.1, 0.15) is 12.4 Å². The van der Waals surface area contributed by atoms with Gasteiger partial charge in [0.05, 0.1) is 31.8 Å². The Kier molecular flexibility index (Phi) is 6.79. The second kappa shape index (κ2) is 9.73. The fourth-order valence-corrected chi connectivity index (χ4v) is 4.56. The lowest BCUT2D eigenvalue weighted by Crippen LogP contribution is -2.61. The van der Waals surface area contributed by atoms with Crippen molar-refractivity contribution < 1.29 is 19.1 Å². The molecule has 1 aromatic heterocycles. The van der Waals surface area contributed by atoms with Gasteiger partial charge in [0.15, 0.2) is 5.60 Å². The molecule has 2 aliphatic rings. The van der Waals surface area contributed by atoms with Crippen LogP contribution in [0.2, 0.25) is 0 Å². The van der Waals surface area contributed by atoms with Gasteiger partial charge >= 0.3 is 0 Å². The van der Waals surface area contributed by atoms with Crippen LogP contribution in [0, 0.1) is 13.8 Å². The average molecular weight is 441 g/mol. The molecule has 1 atom stereocenters. The summed E-state index contributed by atoms with van der Waals surface area (Å²) in [6.45, 7) is 5.70. The van der Waals surface area contributed by atoms with E-state index >= 15 is 0 Å². The first-order valence-corrected chi connectivity index (χ1v) is 11.4. The predicted molar refractivity (Wildman–Crippen MR) is 120 cm³/mol. The molecule has 172 valence electrons. The minimum atomic E-state index is -1.02. The molecule has 1 aromatic carbocycles. The van der Waals surface area contributed by atoms with Gasteiger partial charge in [0, 0.05) is 17.8 Å². The number of para-hydroxylation sites is 1. The molecule has 2 N–H and O–H groups in total. The molecule has 0 saturated carbocycles. The summed E-state index contributed by atoms with van der Waals surface area (Å²) in [6, 6.07) is 8.05. The number of hydrogen-bond acceptors (Lipinski definition) is 5. The van der Waals surface area contributed by atoms with Crippen LogP contribution in [0.25, 0.3) is 0 Å². The zero-order valence-electron chi connectivity index (χ0n) is 18.9. The normalized spacial score (nSPS) is 22.3. The summed E-state index contributed by atoms with van der Waals surface area (Å²) in [5.41, 5.74) is 2.83. The topological polar surface area (TPSA) is 96.6 Å². The fraction of sp³-hybridized carbons (Fsp3) is 0.542. The number of aromatic nitrogens is 2. The Balaban J connectivity index is 1.46. The molecule has 1 unspecified atom stereocenters. The average Bonchev–Trinajstić information content (AvgIpc) is 3.11. The van der Waals surface area contributed by atoms with E-state index in [9.17, 15) is 9.59 Å². The molecule has 4 rings (SSSR count). The largest absolute Gasteiger partial charge is 0.491 e. The van der Waals surface area contributed by atoms with Crippen LogP contribution in [0.4, 0.5) is 0 Å². The summed E-state index contributed by atoms with van der Waals surface area (Å²) in [7, 11) is 0. The summed E-state index contributed by atoms with van der Waals surface area (Å²) in [4.78, 5) is 28.1. The van der Waals surface area contributed by atoms with Crippen molar-refractivity contribution in [2.75, 3.05) is 32.8 Å². The number of fused-ring (bicyclic) bond motifs is 1. The lowest BCUT2D eigenvalue weighted by Gasteiger charge is -2.42. The number of rotatable bonds is 2. The number of carbonyl (C=O) groups is 2. The van der Waals surface area contributed by atoms with E-state index in [1.807, 2.05) is 32.0 Å². The van der Waals surface area contributed by atoms with Crippen molar-refractivity contribution in [3.63, 3.8) is 0 Å². The van der Waals surface area contributed by atoms with Crippen molar-refractivity contribution in [2.24, 2.45) is 0 Å². The number of H-pyrrole nitrogens is 1. The minimum absolute atomic E-state index is 0.00329. The van der Waals surface area contributed by atoms with Gasteiger partial charge in [-0.05, 0) is 51.2 Å². The van der Waals surface area contributed by atoms with E-state index in [4.69, 9.17) is 9.47 Å². The van der Waals surface area contributed by atoms with E-state index < -0.39 is 5.60 Å². The molecule has 1 spiro atoms. The lowest BCUT2D eigenvalue weighted by molar-refractivity contribution is -0.167. The van der Waals surface area contributed by atoms with E-state index in [1.165, 1.54) is 5.56 Å². The number of nitrogens with one attached hydrogen (secondary N) is 2. The molecule has 32 heavy (non-hydrogen) atoms. The van der Waals surface area contributed by atoms with Gasteiger partial charge in [-0.2, -0.15) is 5.10 Å². The van der Waals surface area contributed by atoms with E-state index in [0.29, 0.717) is 32.7 Å². The SMILES string of the molecule is Cc1n[nH]c(C)c1CC(=O)N1CCOC2(CCCCc3ccccc3OCCNC2=O)C1. The van der Waals surface area contributed by atoms with Crippen molar-refractivity contribution in [3.05, 3.63) is 46.8 Å². The number of amides is 2. The van der Waals surface area contributed by atoms with Crippen LogP contribution in [-0.4, -0.2) is 65.4 Å². The number of aryl methyl sites for hydroxylation is 3. The molecular weight excluding hydrogens is 408 g/mol. The summed E-state index contributed by atoms with van der Waals surface area (Å²) < 4.78 is 12.0. The predicted octanol–water partition coefficient (Wildman–Crippen LogP) is 2.09. The van der Waals surface area contributed by atoms with Crippen LogP contribution in [0.5, 0.6) is 5.75 Å². The minimum Gasteiger partial charge on any atom is -0.491 e. The first-order chi connectivity index (χ1) is 15.5. The molecule has 0 aliphatic carbocycles. The number of carbonyl (C=O) groups excluding carboxylic acids is 2. The van der Waals surface area contributed by atoms with Gasteiger partial charge in [-0.25, -0.2) is 0 Å². The van der Waals surface area contributed by atoms with Crippen molar-refractivity contribution in [1.29, 1.82) is 0 Å². The van der Waals surface area contributed by atoms with Gasteiger partial charge < -0.3 is 19.7 Å². The number of hydrogen-bond donors (Lipinski definition) is 2. The molecule has 8 nitrogen and oxygen atoms in total. The van der Waals surface area contributed by atoms with E-state index in [2.05, 4.69) is 21.6 Å². The third kappa shape index (κ3) is 4.80. The monoisotopic (exact) mass is 440 g/mol. The number of morpholine rings is 1. The highest BCUT2D eigenvalue weighted by Crippen LogP contribution is 2.28. The second-order valence-corrected chi connectivity index (χ2v) is 8.67. The molecule has 0 bridgehead atoms. The zero-order valence-corrected chi connectivity index (χ0v) is 18.9. The Morgan fingerprint density at radius 2 is 2.06 bits per heavy atom. The maximum atomic E-state index is 13.2. The third-order valence-corrected chi connectivity index (χ3v) is 6.46. The van der Waals surface area contributed by atoms with E-state index in [1.54, 1.807) is 4.90 Å². The standard InChI is InChI=1S/C24H32N4O4/c1-17-20(18(2)27-26-17)15-22(29)28-12-14-32-24(16-28)10-6-5-8-19-7-3-4-9-21(19)31-13-11-25-23(24)30/h3-4,7,9H,5-6,8,10-16H2,1-2H3,(H,25,30)(H,26,27). The maximum Gasteiger partial charge on any atom is 0.254 e. The van der Waals surface area contributed by atoms with Crippen molar-refractivity contribution >= 4 is 11.8 Å². The Hall–Kier alpha value is -2.87. The zero-order chi connectivity index (χ0) is 22.6. The first-order valence-electron chi connectivity index (χ1n) is 11.4. The molecule has 3 heterocycles. The number of nitrogens with zero attached hydrogens (tertiary/aromatic N) is 2. The van der Waals surface area contributed by atoms with Gasteiger partial charge in [-0.15, -0.1) is 0 Å². The molecule has 0 radical (unpaired) electrons. The van der Waals surface area contributed by atoms with Crippen molar-refractivity contribution in [2.45, 2.75) is 51.6 Å². The summed E-state index contributed by atoms with van der Waals surface area (Å²) in [5.74, 6) is 0.715. The maximum absolute atomic E-state index is 13.2. The lowest BCUT2D eigenvalue weighted by atomic mass is 9.91. The molecule has 2 aromatic rings. The van der Waals surface area contributed by atoms with Crippen LogP contribution < -0.4 is 10.1 Å². The van der Waals surface area contributed by atoms with Gasteiger partial charge in [-0.3, -0.25) is 14.7 Å². The van der Waals surface area contributed by atoms with Crippen LogP contribution in [0.1, 0.15) is 41.8 Å². The van der Waals surface area contributed by atoms with Crippen molar-refractivity contribution in [3.8, 4) is 5.75 Å². The number of benzene rings is 1. The Morgan fingerprint density at radius 1 is 1.22 bits per heavy atom. The highest BCUT2D eigenvalue weighted by atomic mass is 16.5. The summed E-state index contributed by atoms with van der Waals surface area (Å²) in [5, 5.41) is 10.1. The molecule has 2 amide bonds. The van der Waals surface area contributed by atoms with Crippen LogP contribution in [0.15, 0.2) is 24.3 Å². The fourth-order valence-electron chi connectivity index (χ4n) is 4.56. The van der Waals surface area contributed by atoms with E-state index in [-0.39, 0.29) is 24.8 Å². The number of aromatic amines is 1. The van der Waals surface area contributed by atoms with Crippen molar-refractivity contribution in [1.82, 2.24) is 20.4 Å². The van der Waals surface area contributed by atoms with Crippen LogP contribution >= 0.6 is 0 Å². The highest BCUT2D eigenvalue weighted by molar-refractivity contribution is 5.87. The molecule has 1 saturated heterocycles. The third-order valence-electron chi connectivity index (χ3n) is 6.46. The summed E-state index contributed by atoms with van der Waals surface area (Å²) >= 11 is 0. The molecular formula is C24H32N4O4. The first kappa shape index (κ1) is 22.3. The second-order valence-electron chi connectivity index (χ2n) is 8.67. The Morgan fingerprint density at radius 3 is 2.88 bits per heavy atom. The molecule has 2 aliphatic heterocycles. The summed E-state index contributed by atoms with van der Waals surface area (Å²) in [6.07, 6.45) is 3.48.